The summed E-state index contributed by atoms with van der Waals surface area (Å²) < 4.78 is 42.6. The number of hydrogen-bond acceptors (Lipinski definition) is 4. The highest BCUT2D eigenvalue weighted by atomic mass is 19.2. The number of nitrogens with one attached hydrogen (secondary N) is 1. The van der Waals surface area contributed by atoms with Crippen molar-refractivity contribution in [3.05, 3.63) is 71.9 Å². The van der Waals surface area contributed by atoms with Crippen molar-refractivity contribution in [2.75, 3.05) is 5.32 Å². The third-order valence-corrected chi connectivity index (χ3v) is 5.50. The van der Waals surface area contributed by atoms with Crippen molar-refractivity contribution in [1.29, 1.82) is 0 Å². The van der Waals surface area contributed by atoms with Crippen LogP contribution in [0.2, 0.25) is 0 Å². The van der Waals surface area contributed by atoms with Gasteiger partial charge in [-0.05, 0) is 64.1 Å². The van der Waals surface area contributed by atoms with Crippen LogP contribution in [0.25, 0.3) is 17.5 Å². The van der Waals surface area contributed by atoms with E-state index in [1.807, 2.05) is 13.8 Å². The minimum Gasteiger partial charge on any atom is -0.339 e. The zero-order valence-electron chi connectivity index (χ0n) is 18.7. The van der Waals surface area contributed by atoms with Crippen LogP contribution in [-0.2, 0) is 10.3 Å². The van der Waals surface area contributed by atoms with E-state index in [1.165, 1.54) is 23.1 Å². The van der Waals surface area contributed by atoms with Gasteiger partial charge in [0, 0.05) is 29.7 Å². The number of fused-ring (bicyclic) bond motifs is 1. The number of imidazole rings is 1. The van der Waals surface area contributed by atoms with E-state index in [0.717, 1.165) is 12.1 Å². The molecule has 0 atom stereocenters. The van der Waals surface area contributed by atoms with E-state index in [4.69, 9.17) is 10.7 Å². The highest BCUT2D eigenvalue weighted by Gasteiger charge is 2.42. The van der Waals surface area contributed by atoms with Gasteiger partial charge in [0.05, 0.1) is 5.54 Å². The van der Waals surface area contributed by atoms with Crippen molar-refractivity contribution >= 4 is 23.6 Å². The largest absolute Gasteiger partial charge is 0.339 e. The molecule has 1 aliphatic rings. The Morgan fingerprint density at radius 1 is 1.03 bits per heavy atom. The van der Waals surface area contributed by atoms with Crippen molar-refractivity contribution in [3.8, 4) is 11.3 Å². The number of rotatable bonds is 4. The summed E-state index contributed by atoms with van der Waals surface area (Å²) in [5, 5.41) is 3.09. The number of benzene rings is 2. The Kier molecular flexibility index (Phi) is 5.32. The van der Waals surface area contributed by atoms with Crippen LogP contribution in [0.4, 0.5) is 24.7 Å². The van der Waals surface area contributed by atoms with Crippen LogP contribution in [0.15, 0.2) is 48.7 Å². The summed E-state index contributed by atoms with van der Waals surface area (Å²) in [6.07, 6.45) is 3.25. The molecule has 1 aromatic heterocycles. The van der Waals surface area contributed by atoms with E-state index >= 15 is 0 Å². The maximum atomic E-state index is 13.8. The lowest BCUT2D eigenvalue weighted by atomic mass is 9.96. The fourth-order valence-corrected chi connectivity index (χ4v) is 3.71. The Morgan fingerprint density at radius 2 is 1.70 bits per heavy atom. The van der Waals surface area contributed by atoms with Crippen molar-refractivity contribution < 1.29 is 18.0 Å². The maximum absolute atomic E-state index is 13.8. The van der Waals surface area contributed by atoms with Crippen LogP contribution >= 0.6 is 0 Å². The summed E-state index contributed by atoms with van der Waals surface area (Å²) >= 11 is 0. The highest BCUT2D eigenvalue weighted by molar-refractivity contribution is 5.88. The Balaban J connectivity index is 1.88. The molecular formula is C24H24F3N5O. The summed E-state index contributed by atoms with van der Waals surface area (Å²) in [6, 6.07) is 9.22. The zero-order chi connectivity index (χ0) is 24.1. The lowest BCUT2D eigenvalue weighted by molar-refractivity contribution is -0.138. The first kappa shape index (κ1) is 22.6. The zero-order valence-corrected chi connectivity index (χ0v) is 18.7. The molecule has 2 aromatic carbocycles. The molecule has 9 heteroatoms. The lowest BCUT2D eigenvalue weighted by Gasteiger charge is -2.41. The van der Waals surface area contributed by atoms with Crippen LogP contribution < -0.4 is 11.1 Å². The van der Waals surface area contributed by atoms with Crippen LogP contribution in [0, 0.1) is 17.5 Å². The number of carbonyl (C=O) groups is 1. The normalized spacial score (nSPS) is 14.8. The number of nitrogens with zero attached hydrogens (tertiary/aromatic N) is 3. The molecule has 3 N–H and O–H groups in total. The number of halogens is 3. The van der Waals surface area contributed by atoms with E-state index in [0.29, 0.717) is 28.6 Å². The molecule has 6 nitrogen and oxygen atoms in total. The van der Waals surface area contributed by atoms with Gasteiger partial charge < -0.3 is 16.0 Å². The van der Waals surface area contributed by atoms with Crippen LogP contribution in [0.3, 0.4) is 0 Å². The van der Waals surface area contributed by atoms with E-state index in [2.05, 4.69) is 5.32 Å². The second-order valence-corrected chi connectivity index (χ2v) is 9.02. The molecule has 0 unspecified atom stereocenters. The molecule has 0 bridgehead atoms. The lowest BCUT2D eigenvalue weighted by Crippen LogP contribution is -2.56. The van der Waals surface area contributed by atoms with E-state index in [9.17, 15) is 18.0 Å². The van der Waals surface area contributed by atoms with Gasteiger partial charge >= 0.3 is 0 Å². The van der Waals surface area contributed by atoms with Gasteiger partial charge in [-0.1, -0.05) is 0 Å². The van der Waals surface area contributed by atoms with Crippen molar-refractivity contribution in [3.63, 3.8) is 0 Å². The minimum atomic E-state index is -1.11. The third kappa shape index (κ3) is 4.00. The first-order chi connectivity index (χ1) is 15.4. The molecular weight excluding hydrogens is 431 g/mol. The summed E-state index contributed by atoms with van der Waals surface area (Å²) in [7, 11) is 0. The number of hydrogen-bond donors (Lipinski definition) is 2. The molecule has 33 heavy (non-hydrogen) atoms. The van der Waals surface area contributed by atoms with Gasteiger partial charge in [0.1, 0.15) is 28.7 Å². The summed E-state index contributed by atoms with van der Waals surface area (Å²) in [4.78, 5) is 19.3. The van der Waals surface area contributed by atoms with Gasteiger partial charge in [-0.2, -0.15) is 0 Å². The number of anilines is 2. The molecule has 0 fully saturated rings. The molecule has 1 amide bonds. The second-order valence-electron chi connectivity index (χ2n) is 9.02. The van der Waals surface area contributed by atoms with Gasteiger partial charge in [-0.25, -0.2) is 18.2 Å². The van der Waals surface area contributed by atoms with Crippen molar-refractivity contribution in [2.45, 2.75) is 38.8 Å². The van der Waals surface area contributed by atoms with E-state index < -0.39 is 28.5 Å². The molecule has 2 heterocycles. The van der Waals surface area contributed by atoms with Crippen LogP contribution in [-0.4, -0.2) is 25.9 Å². The number of aromatic nitrogens is 2. The van der Waals surface area contributed by atoms with Crippen LogP contribution in [0.5, 0.6) is 0 Å². The smallest absolute Gasteiger partial charge is 0.246 e. The molecule has 0 aliphatic carbocycles. The molecule has 0 radical (unpaired) electrons. The van der Waals surface area contributed by atoms with Crippen molar-refractivity contribution in [1.82, 2.24) is 14.5 Å². The third-order valence-electron chi connectivity index (χ3n) is 5.50. The minimum absolute atomic E-state index is 0.295. The Hall–Kier alpha value is -3.59. The number of amides is 1. The monoisotopic (exact) mass is 455 g/mol. The molecule has 172 valence electrons. The molecule has 1 aliphatic heterocycles. The summed E-state index contributed by atoms with van der Waals surface area (Å²) in [6.45, 7) is 6.91. The van der Waals surface area contributed by atoms with Gasteiger partial charge in [0.25, 0.3) is 0 Å². The molecule has 3 aromatic rings. The first-order valence-corrected chi connectivity index (χ1v) is 10.3. The van der Waals surface area contributed by atoms with Gasteiger partial charge in [0.15, 0.2) is 11.6 Å². The Bertz CT molecular complexity index is 1260. The van der Waals surface area contributed by atoms with E-state index in [-0.39, 0.29) is 5.91 Å². The quantitative estimate of drug-likeness (QED) is 0.584. The average Bonchev–Trinajstić information content (AvgIpc) is 3.10. The average molecular weight is 455 g/mol. The Labute approximate surface area is 189 Å². The predicted octanol–water partition coefficient (Wildman–Crippen LogP) is 4.95. The maximum Gasteiger partial charge on any atom is 0.246 e. The van der Waals surface area contributed by atoms with Crippen LogP contribution in [0.1, 0.15) is 33.5 Å². The van der Waals surface area contributed by atoms with Gasteiger partial charge in [-0.3, -0.25) is 9.36 Å². The Morgan fingerprint density at radius 3 is 2.30 bits per heavy atom. The number of carbonyl (C=O) groups excluding carboxylic acids is 1. The summed E-state index contributed by atoms with van der Waals surface area (Å²) in [5.41, 5.74) is 5.40. The van der Waals surface area contributed by atoms with Crippen molar-refractivity contribution in [2.24, 2.45) is 5.73 Å². The summed E-state index contributed by atoms with van der Waals surface area (Å²) in [5.74, 6) is -1.71. The SMILES string of the molecule is CC(C)(N)C(=O)N1C=Cn2c(nc(-c3ccc(F)cc3)c2Nc2ccc(F)c(F)c2)C1(C)C. The standard InChI is InChI=1S/C24H24F3N5O/c1-23(2,28)22(33)32-12-11-31-20(29-16-9-10-17(26)18(27)13-16)19(30-21(31)24(32,3)4)14-5-7-15(25)8-6-14/h5-13,29H,28H2,1-4H3. The molecule has 0 saturated carbocycles. The van der Waals surface area contributed by atoms with E-state index in [1.54, 1.807) is 42.9 Å². The molecule has 0 saturated heterocycles. The predicted molar refractivity (Wildman–Crippen MR) is 121 cm³/mol. The highest BCUT2D eigenvalue weighted by Crippen LogP contribution is 2.40. The number of nitrogens with two attached hydrogens (primary N) is 1. The topological polar surface area (TPSA) is 76.2 Å². The molecule has 4 rings (SSSR count). The fraction of sp³-hybridized carbons (Fsp3) is 0.250. The second kappa shape index (κ2) is 7.77. The fourth-order valence-electron chi connectivity index (χ4n) is 3.71. The van der Waals surface area contributed by atoms with Gasteiger partial charge in [0.2, 0.25) is 5.91 Å². The first-order valence-electron chi connectivity index (χ1n) is 10.3. The van der Waals surface area contributed by atoms with Gasteiger partial charge in [-0.15, -0.1) is 0 Å². The molecule has 0 spiro atoms.